The van der Waals surface area contributed by atoms with Crippen LogP contribution in [0.2, 0.25) is 0 Å². The number of nitrogens with one attached hydrogen (secondary N) is 3. The Labute approximate surface area is 175 Å². The van der Waals surface area contributed by atoms with Gasteiger partial charge in [-0.3, -0.25) is 5.10 Å². The number of H-pyrrole nitrogens is 1. The average molecular weight is 432 g/mol. The standard InChI is InChI=1S/C20H25N5O4S/c26-20(25-8-1-2-9-25)29-15-7-6-13(10-15)17-11-18(24-23-17)22-16-5-3-4-14-12-21-30(27,28)19(14)16/h3-5,11,13,15,21H,1-2,6-10,12H2,(H2,22,23,24)/t13-,15+/m0/s1. The number of benzene rings is 1. The molecule has 3 N–H and O–H groups in total. The van der Waals surface area contributed by atoms with Gasteiger partial charge in [-0.25, -0.2) is 17.9 Å². The van der Waals surface area contributed by atoms with Crippen LogP contribution in [0.25, 0.3) is 0 Å². The highest BCUT2D eigenvalue weighted by Gasteiger charge is 2.32. The van der Waals surface area contributed by atoms with Gasteiger partial charge in [0.2, 0.25) is 10.0 Å². The second kappa shape index (κ2) is 7.59. The number of carbonyl (C=O) groups excluding carboxylic acids is 1. The molecule has 10 heteroatoms. The molecule has 1 aliphatic carbocycles. The second-order valence-electron chi connectivity index (χ2n) is 8.16. The minimum absolute atomic E-state index is 0.0728. The second-order valence-corrected chi connectivity index (χ2v) is 9.87. The zero-order valence-corrected chi connectivity index (χ0v) is 17.4. The highest BCUT2D eigenvalue weighted by Crippen LogP contribution is 2.37. The molecule has 3 heterocycles. The number of rotatable bonds is 4. The topological polar surface area (TPSA) is 116 Å². The van der Waals surface area contributed by atoms with Gasteiger partial charge in [0.05, 0.1) is 5.69 Å². The summed E-state index contributed by atoms with van der Waals surface area (Å²) in [5.41, 5.74) is 2.22. The zero-order chi connectivity index (χ0) is 20.7. The van der Waals surface area contributed by atoms with E-state index >= 15 is 0 Å². The van der Waals surface area contributed by atoms with E-state index in [0.29, 0.717) is 18.1 Å². The van der Waals surface area contributed by atoms with E-state index in [0.717, 1.165) is 56.5 Å². The van der Waals surface area contributed by atoms with Crippen molar-refractivity contribution in [2.45, 2.75) is 55.6 Å². The van der Waals surface area contributed by atoms with Crippen LogP contribution in [0.4, 0.5) is 16.3 Å². The highest BCUT2D eigenvalue weighted by atomic mass is 32.2. The summed E-state index contributed by atoms with van der Waals surface area (Å²) in [5, 5.41) is 10.5. The Bertz CT molecular complexity index is 1060. The molecular weight excluding hydrogens is 406 g/mol. The van der Waals surface area contributed by atoms with Crippen LogP contribution in [-0.4, -0.2) is 48.8 Å². The molecule has 0 radical (unpaired) electrons. The maximum atomic E-state index is 12.3. The number of amides is 1. The van der Waals surface area contributed by atoms with Gasteiger partial charge in [-0.1, -0.05) is 12.1 Å². The Kier molecular flexibility index (Phi) is 4.90. The predicted octanol–water partition coefficient (Wildman–Crippen LogP) is 2.81. The molecule has 0 bridgehead atoms. The number of aromatic amines is 1. The van der Waals surface area contributed by atoms with E-state index in [1.165, 1.54) is 0 Å². The van der Waals surface area contributed by atoms with Crippen molar-refractivity contribution >= 4 is 27.6 Å². The number of sulfonamides is 1. The number of fused-ring (bicyclic) bond motifs is 1. The summed E-state index contributed by atoms with van der Waals surface area (Å²) in [6.07, 6.45) is 4.35. The molecule has 2 aliphatic heterocycles. The smallest absolute Gasteiger partial charge is 0.410 e. The van der Waals surface area contributed by atoms with Crippen LogP contribution >= 0.6 is 0 Å². The summed E-state index contributed by atoms with van der Waals surface area (Å²) in [6, 6.07) is 7.27. The summed E-state index contributed by atoms with van der Waals surface area (Å²) in [7, 11) is -3.49. The van der Waals surface area contributed by atoms with E-state index in [-0.39, 0.29) is 23.0 Å². The molecule has 1 saturated carbocycles. The lowest BCUT2D eigenvalue weighted by Crippen LogP contribution is -2.31. The molecule has 1 amide bonds. The van der Waals surface area contributed by atoms with Gasteiger partial charge in [-0.15, -0.1) is 0 Å². The molecule has 3 aliphatic rings. The first-order chi connectivity index (χ1) is 14.5. The molecule has 30 heavy (non-hydrogen) atoms. The molecule has 9 nitrogen and oxygen atoms in total. The fourth-order valence-electron chi connectivity index (χ4n) is 4.58. The number of carbonyl (C=O) groups is 1. The SMILES string of the molecule is O=C(O[C@@H]1CC[C@H](c2cc(Nc3cccc4c3S(=O)(=O)NC4)n[nH]2)C1)N1CCCC1. The van der Waals surface area contributed by atoms with E-state index in [1.54, 1.807) is 17.0 Å². The molecule has 1 saturated heterocycles. The molecule has 0 spiro atoms. The monoisotopic (exact) mass is 431 g/mol. The van der Waals surface area contributed by atoms with Crippen molar-refractivity contribution in [3.8, 4) is 0 Å². The van der Waals surface area contributed by atoms with Crippen molar-refractivity contribution in [3.63, 3.8) is 0 Å². The first-order valence-corrected chi connectivity index (χ1v) is 11.9. The van der Waals surface area contributed by atoms with Crippen LogP contribution in [-0.2, 0) is 21.3 Å². The van der Waals surface area contributed by atoms with Gasteiger partial charge in [0.1, 0.15) is 11.0 Å². The summed E-state index contributed by atoms with van der Waals surface area (Å²) >= 11 is 0. The average Bonchev–Trinajstić information content (AvgIpc) is 3.49. The summed E-state index contributed by atoms with van der Waals surface area (Å²) in [6.45, 7) is 1.89. The van der Waals surface area contributed by atoms with E-state index in [2.05, 4.69) is 20.2 Å². The molecule has 1 aromatic heterocycles. The van der Waals surface area contributed by atoms with Crippen LogP contribution < -0.4 is 10.0 Å². The molecule has 1 aromatic carbocycles. The van der Waals surface area contributed by atoms with Crippen LogP contribution in [0.15, 0.2) is 29.2 Å². The fraction of sp³-hybridized carbons (Fsp3) is 0.500. The molecule has 2 aromatic rings. The lowest BCUT2D eigenvalue weighted by molar-refractivity contribution is 0.0709. The van der Waals surface area contributed by atoms with Crippen LogP contribution in [0.1, 0.15) is 49.3 Å². The lowest BCUT2D eigenvalue weighted by atomic mass is 10.0. The Hall–Kier alpha value is -2.59. The van der Waals surface area contributed by atoms with Crippen molar-refractivity contribution in [2.24, 2.45) is 0 Å². The van der Waals surface area contributed by atoms with Crippen molar-refractivity contribution in [2.75, 3.05) is 18.4 Å². The Morgan fingerprint density at radius 3 is 2.90 bits per heavy atom. The third-order valence-corrected chi connectivity index (χ3v) is 7.68. The number of nitrogens with zero attached hydrogens (tertiary/aromatic N) is 2. The normalized spacial score (nSPS) is 24.7. The number of aromatic nitrogens is 2. The first kappa shape index (κ1) is 19.4. The third kappa shape index (κ3) is 3.65. The minimum atomic E-state index is -3.49. The first-order valence-electron chi connectivity index (χ1n) is 10.4. The molecule has 5 rings (SSSR count). The van der Waals surface area contributed by atoms with Crippen molar-refractivity contribution < 1.29 is 17.9 Å². The van der Waals surface area contributed by atoms with Crippen LogP contribution in [0, 0.1) is 0 Å². The minimum Gasteiger partial charge on any atom is -0.446 e. The Balaban J connectivity index is 1.24. The van der Waals surface area contributed by atoms with Gasteiger partial charge < -0.3 is 15.0 Å². The van der Waals surface area contributed by atoms with Gasteiger partial charge in [0.25, 0.3) is 0 Å². The van der Waals surface area contributed by atoms with E-state index in [9.17, 15) is 13.2 Å². The van der Waals surface area contributed by atoms with Crippen LogP contribution in [0.5, 0.6) is 0 Å². The van der Waals surface area contributed by atoms with E-state index < -0.39 is 10.0 Å². The largest absolute Gasteiger partial charge is 0.446 e. The summed E-state index contributed by atoms with van der Waals surface area (Å²) in [4.78, 5) is 14.3. The number of likely N-dealkylation sites (tertiary alicyclic amines) is 1. The molecule has 0 unspecified atom stereocenters. The third-order valence-electron chi connectivity index (χ3n) is 6.13. The zero-order valence-electron chi connectivity index (χ0n) is 16.6. The van der Waals surface area contributed by atoms with Crippen molar-refractivity contribution in [1.29, 1.82) is 0 Å². The van der Waals surface area contributed by atoms with Crippen molar-refractivity contribution in [3.05, 3.63) is 35.5 Å². The van der Waals surface area contributed by atoms with Gasteiger partial charge in [-0.05, 0) is 43.7 Å². The Morgan fingerprint density at radius 1 is 1.23 bits per heavy atom. The predicted molar refractivity (Wildman–Crippen MR) is 110 cm³/mol. The van der Waals surface area contributed by atoms with Crippen LogP contribution in [0.3, 0.4) is 0 Å². The van der Waals surface area contributed by atoms with Gasteiger partial charge in [0, 0.05) is 37.3 Å². The number of anilines is 2. The maximum Gasteiger partial charge on any atom is 0.410 e. The number of hydrogen-bond acceptors (Lipinski definition) is 6. The summed E-state index contributed by atoms with van der Waals surface area (Å²) < 4.78 is 32.8. The number of ether oxygens (including phenoxy) is 1. The van der Waals surface area contributed by atoms with Gasteiger partial charge in [-0.2, -0.15) is 5.10 Å². The maximum absolute atomic E-state index is 12.3. The quantitative estimate of drug-likeness (QED) is 0.685. The molecule has 2 atom stereocenters. The molecular formula is C20H25N5O4S. The van der Waals surface area contributed by atoms with E-state index in [1.807, 2.05) is 12.1 Å². The Morgan fingerprint density at radius 2 is 2.07 bits per heavy atom. The highest BCUT2D eigenvalue weighted by molar-refractivity contribution is 7.90. The fourth-order valence-corrected chi connectivity index (χ4v) is 5.96. The molecule has 2 fully saturated rings. The lowest BCUT2D eigenvalue weighted by Gasteiger charge is -2.19. The van der Waals surface area contributed by atoms with Gasteiger partial charge in [0.15, 0.2) is 5.82 Å². The number of hydrogen-bond donors (Lipinski definition) is 3. The molecule has 160 valence electrons. The van der Waals surface area contributed by atoms with Crippen molar-refractivity contribution in [1.82, 2.24) is 19.8 Å². The van der Waals surface area contributed by atoms with E-state index in [4.69, 9.17) is 4.74 Å². The summed E-state index contributed by atoms with van der Waals surface area (Å²) in [5.74, 6) is 0.800. The van der Waals surface area contributed by atoms with Gasteiger partial charge >= 0.3 is 6.09 Å².